The number of carboxylic acids is 1. The largest absolute Gasteiger partial charge is 0.478 e. The minimum atomic E-state index is -1.20. The SMILES string of the molecule is CC(=CC(=O)[C@H](CS)NC(=O)OCC1c2ccccc2-c2ccccc21)C(=O)O. The van der Waals surface area contributed by atoms with Crippen LogP contribution in [0.5, 0.6) is 0 Å². The standard InChI is InChI=1S/C22H21NO5S/c1-13(21(25)26)10-20(24)19(12-29)23-22(27)28-11-18-16-8-4-2-6-14(16)15-7-3-5-9-17(15)18/h2-10,18-19,29H,11-12H2,1H3,(H,23,27)(H,25,26)/t19-/m0/s1. The highest BCUT2D eigenvalue weighted by molar-refractivity contribution is 7.80. The van der Waals surface area contributed by atoms with Crippen molar-refractivity contribution in [2.24, 2.45) is 0 Å². The van der Waals surface area contributed by atoms with E-state index >= 15 is 0 Å². The Morgan fingerprint density at radius 1 is 1.10 bits per heavy atom. The monoisotopic (exact) mass is 411 g/mol. The third kappa shape index (κ3) is 4.51. The summed E-state index contributed by atoms with van der Waals surface area (Å²) in [6, 6.07) is 15.0. The van der Waals surface area contributed by atoms with E-state index in [9.17, 15) is 14.4 Å². The molecule has 6 nitrogen and oxygen atoms in total. The number of thiol groups is 1. The molecule has 0 spiro atoms. The van der Waals surface area contributed by atoms with E-state index in [1.54, 1.807) is 0 Å². The summed E-state index contributed by atoms with van der Waals surface area (Å²) in [5.41, 5.74) is 4.30. The summed E-state index contributed by atoms with van der Waals surface area (Å²) in [6.07, 6.45) is 0.230. The van der Waals surface area contributed by atoms with E-state index in [1.807, 2.05) is 48.5 Å². The number of carbonyl (C=O) groups excluding carboxylic acids is 2. The first-order valence-corrected chi connectivity index (χ1v) is 9.73. The number of rotatable bonds is 7. The zero-order valence-corrected chi connectivity index (χ0v) is 16.7. The number of aliphatic carboxylic acids is 1. The highest BCUT2D eigenvalue weighted by Crippen LogP contribution is 2.44. The number of hydrogen-bond acceptors (Lipinski definition) is 5. The first-order chi connectivity index (χ1) is 13.9. The molecule has 7 heteroatoms. The third-order valence-corrected chi connectivity index (χ3v) is 5.22. The molecule has 1 amide bonds. The molecule has 1 aliphatic rings. The van der Waals surface area contributed by atoms with Crippen molar-refractivity contribution in [3.05, 3.63) is 71.3 Å². The normalized spacial score (nSPS) is 13.9. The topological polar surface area (TPSA) is 92.7 Å². The molecule has 150 valence electrons. The number of alkyl carbamates (subject to hydrolysis) is 1. The van der Waals surface area contributed by atoms with Crippen molar-refractivity contribution >= 4 is 30.5 Å². The Balaban J connectivity index is 1.67. The highest BCUT2D eigenvalue weighted by atomic mass is 32.1. The molecule has 2 N–H and O–H groups in total. The van der Waals surface area contributed by atoms with E-state index in [4.69, 9.17) is 9.84 Å². The van der Waals surface area contributed by atoms with Crippen LogP contribution >= 0.6 is 12.6 Å². The summed E-state index contributed by atoms with van der Waals surface area (Å²) in [5, 5.41) is 11.3. The van der Waals surface area contributed by atoms with Crippen molar-refractivity contribution < 1.29 is 24.2 Å². The van der Waals surface area contributed by atoms with Gasteiger partial charge in [-0.15, -0.1) is 0 Å². The second kappa shape index (κ2) is 8.96. The Morgan fingerprint density at radius 3 is 2.17 bits per heavy atom. The fourth-order valence-electron chi connectivity index (χ4n) is 3.36. The number of carbonyl (C=O) groups is 3. The van der Waals surface area contributed by atoms with E-state index in [-0.39, 0.29) is 23.9 Å². The Hall–Kier alpha value is -3.06. The maximum absolute atomic E-state index is 12.3. The van der Waals surface area contributed by atoms with Crippen LogP contribution in [0.25, 0.3) is 11.1 Å². The lowest BCUT2D eigenvalue weighted by Gasteiger charge is -2.17. The summed E-state index contributed by atoms with van der Waals surface area (Å²) in [4.78, 5) is 35.3. The van der Waals surface area contributed by atoms with Gasteiger partial charge in [-0.05, 0) is 35.3 Å². The number of hydrogen-bond donors (Lipinski definition) is 3. The van der Waals surface area contributed by atoms with Gasteiger partial charge in [0.25, 0.3) is 0 Å². The van der Waals surface area contributed by atoms with Gasteiger partial charge in [0.05, 0.1) is 0 Å². The zero-order valence-electron chi connectivity index (χ0n) is 15.8. The second-order valence-corrected chi connectivity index (χ2v) is 7.11. The fourth-order valence-corrected chi connectivity index (χ4v) is 3.64. The fraction of sp³-hybridized carbons (Fsp3) is 0.227. The molecule has 1 atom stereocenters. The molecule has 1 aliphatic carbocycles. The van der Waals surface area contributed by atoms with Crippen molar-refractivity contribution in [1.82, 2.24) is 5.32 Å². The maximum Gasteiger partial charge on any atom is 0.407 e. The molecular formula is C22H21NO5S. The van der Waals surface area contributed by atoms with Crippen molar-refractivity contribution in [3.63, 3.8) is 0 Å². The van der Waals surface area contributed by atoms with Crippen LogP contribution in [0.3, 0.4) is 0 Å². The van der Waals surface area contributed by atoms with E-state index in [1.165, 1.54) is 6.92 Å². The molecule has 2 aromatic rings. The number of amides is 1. The first-order valence-electron chi connectivity index (χ1n) is 9.10. The molecule has 0 radical (unpaired) electrons. The lowest BCUT2D eigenvalue weighted by atomic mass is 9.98. The summed E-state index contributed by atoms with van der Waals surface area (Å²) in [7, 11) is 0. The van der Waals surface area contributed by atoms with Crippen LogP contribution in [0.1, 0.15) is 24.0 Å². The number of benzene rings is 2. The molecule has 0 heterocycles. The van der Waals surface area contributed by atoms with Gasteiger partial charge in [-0.2, -0.15) is 12.6 Å². The molecule has 29 heavy (non-hydrogen) atoms. The van der Waals surface area contributed by atoms with Crippen LogP contribution in [0.2, 0.25) is 0 Å². The van der Waals surface area contributed by atoms with Gasteiger partial charge in [0.15, 0.2) is 5.78 Å². The predicted molar refractivity (Wildman–Crippen MR) is 112 cm³/mol. The van der Waals surface area contributed by atoms with Crippen LogP contribution < -0.4 is 5.32 Å². The molecule has 0 fully saturated rings. The van der Waals surface area contributed by atoms with Crippen LogP contribution in [-0.4, -0.2) is 41.4 Å². The predicted octanol–water partition coefficient (Wildman–Crippen LogP) is 3.42. The quantitative estimate of drug-likeness (QED) is 0.480. The molecule has 0 bridgehead atoms. The van der Waals surface area contributed by atoms with Gasteiger partial charge in [0.1, 0.15) is 12.6 Å². The molecule has 0 saturated heterocycles. The molecule has 2 aromatic carbocycles. The minimum Gasteiger partial charge on any atom is -0.478 e. The maximum atomic E-state index is 12.3. The van der Waals surface area contributed by atoms with Gasteiger partial charge in [0.2, 0.25) is 0 Å². The summed E-state index contributed by atoms with van der Waals surface area (Å²) >= 11 is 4.07. The Kier molecular flexibility index (Phi) is 6.39. The van der Waals surface area contributed by atoms with Crippen molar-refractivity contribution in [3.8, 4) is 11.1 Å². The van der Waals surface area contributed by atoms with E-state index < -0.39 is 23.9 Å². The van der Waals surface area contributed by atoms with Crippen molar-refractivity contribution in [2.45, 2.75) is 18.9 Å². The average Bonchev–Trinajstić information content (AvgIpc) is 3.04. The number of nitrogens with one attached hydrogen (secondary N) is 1. The van der Waals surface area contributed by atoms with Crippen LogP contribution in [-0.2, 0) is 14.3 Å². The third-order valence-electron chi connectivity index (χ3n) is 4.86. The zero-order chi connectivity index (χ0) is 21.0. The number of ether oxygens (including phenoxy) is 1. The molecule has 0 saturated carbocycles. The number of carboxylic acid groups (broad SMARTS) is 1. The van der Waals surface area contributed by atoms with Gasteiger partial charge in [-0.3, -0.25) is 4.79 Å². The molecule has 0 unspecified atom stereocenters. The summed E-state index contributed by atoms with van der Waals surface area (Å²) in [6.45, 7) is 1.43. The van der Waals surface area contributed by atoms with Crippen LogP contribution in [0.15, 0.2) is 60.2 Å². The smallest absolute Gasteiger partial charge is 0.407 e. The van der Waals surface area contributed by atoms with E-state index in [2.05, 4.69) is 17.9 Å². The van der Waals surface area contributed by atoms with E-state index in [0.717, 1.165) is 28.3 Å². The molecule has 0 aliphatic heterocycles. The average molecular weight is 411 g/mol. The number of fused-ring (bicyclic) bond motifs is 3. The van der Waals surface area contributed by atoms with Gasteiger partial charge in [0, 0.05) is 17.2 Å². The second-order valence-electron chi connectivity index (χ2n) is 6.74. The van der Waals surface area contributed by atoms with Crippen LogP contribution in [0.4, 0.5) is 4.79 Å². The Morgan fingerprint density at radius 2 is 1.66 bits per heavy atom. The van der Waals surface area contributed by atoms with Gasteiger partial charge in [-0.1, -0.05) is 48.5 Å². The summed E-state index contributed by atoms with van der Waals surface area (Å²) in [5.74, 6) is -1.81. The van der Waals surface area contributed by atoms with Gasteiger partial charge < -0.3 is 15.2 Å². The first kappa shape index (κ1) is 20.7. The minimum absolute atomic E-state index is 0.0203. The van der Waals surface area contributed by atoms with E-state index in [0.29, 0.717) is 0 Å². The lowest BCUT2D eigenvalue weighted by molar-refractivity contribution is -0.132. The Bertz CT molecular complexity index is 939. The molecule has 0 aromatic heterocycles. The molecule has 3 rings (SSSR count). The highest BCUT2D eigenvalue weighted by Gasteiger charge is 2.29. The van der Waals surface area contributed by atoms with Gasteiger partial charge >= 0.3 is 12.1 Å². The summed E-state index contributed by atoms with van der Waals surface area (Å²) < 4.78 is 5.40. The molecular weight excluding hydrogens is 390 g/mol. The Labute approximate surface area is 174 Å². The van der Waals surface area contributed by atoms with Crippen molar-refractivity contribution in [1.29, 1.82) is 0 Å². The number of ketones is 1. The van der Waals surface area contributed by atoms with Crippen molar-refractivity contribution in [2.75, 3.05) is 12.4 Å². The van der Waals surface area contributed by atoms with Gasteiger partial charge in [-0.25, -0.2) is 9.59 Å². The lowest BCUT2D eigenvalue weighted by Crippen LogP contribution is -2.42. The van der Waals surface area contributed by atoms with Crippen LogP contribution in [0, 0.1) is 0 Å².